The molecule has 59 heavy (non-hydrogen) atoms. The summed E-state index contributed by atoms with van der Waals surface area (Å²) in [6, 6.07) is 3.59. The third-order valence-corrected chi connectivity index (χ3v) is 10.2. The zero-order chi connectivity index (χ0) is 43.5. The summed E-state index contributed by atoms with van der Waals surface area (Å²) in [7, 11) is 0. The number of aromatic amines is 2. The molecule has 0 fully saturated rings. The second kappa shape index (κ2) is 36.0. The number of H-pyrrole nitrogens is 2. The molecule has 340 valence electrons. The van der Waals surface area contributed by atoms with Gasteiger partial charge in [-0.05, 0) is 58.6 Å². The Morgan fingerprint density at radius 3 is 1.37 bits per heavy atom. The number of esters is 2. The van der Waals surface area contributed by atoms with Crippen LogP contribution in [0.1, 0.15) is 202 Å². The van der Waals surface area contributed by atoms with Crippen molar-refractivity contribution in [3.63, 3.8) is 0 Å². The van der Waals surface area contributed by atoms with Crippen molar-refractivity contribution in [2.45, 2.75) is 195 Å². The van der Waals surface area contributed by atoms with Crippen LogP contribution in [0.15, 0.2) is 12.1 Å². The van der Waals surface area contributed by atoms with E-state index >= 15 is 0 Å². The van der Waals surface area contributed by atoms with Gasteiger partial charge in [-0.2, -0.15) is 0 Å². The molecule has 0 saturated carbocycles. The molecule has 0 amide bonds. The van der Waals surface area contributed by atoms with Crippen LogP contribution in [0.5, 0.6) is 0 Å². The first-order valence-electron chi connectivity index (χ1n) is 22.7. The number of hydrogen-bond donors (Lipinski definition) is 2. The van der Waals surface area contributed by atoms with E-state index in [0.29, 0.717) is 42.2 Å². The van der Waals surface area contributed by atoms with E-state index in [1.807, 2.05) is 13.0 Å². The molecule has 0 radical (unpaired) electrons. The Balaban J connectivity index is 0.000000590. The van der Waals surface area contributed by atoms with Crippen molar-refractivity contribution >= 4 is 41.3 Å². The summed E-state index contributed by atoms with van der Waals surface area (Å²) in [6.07, 6.45) is 25.3. The lowest BCUT2D eigenvalue weighted by atomic mass is 10.1. The van der Waals surface area contributed by atoms with Crippen molar-refractivity contribution in [1.29, 1.82) is 0 Å². The molecular weight excluding hydrogens is 795 g/mol. The second-order valence-corrected chi connectivity index (χ2v) is 16.2. The summed E-state index contributed by atoms with van der Waals surface area (Å²) in [4.78, 5) is 42.0. The minimum atomic E-state index is -1.08. The molecule has 2 aromatic rings. The highest BCUT2D eigenvalue weighted by molar-refractivity contribution is 6.33. The fraction of sp³-hybridized carbons (Fsp3) is 0.761. The van der Waals surface area contributed by atoms with Gasteiger partial charge < -0.3 is 38.4 Å². The predicted octanol–water partition coefficient (Wildman–Crippen LogP) is 13.5. The minimum Gasteiger partial charge on any atom is -0.459 e. The summed E-state index contributed by atoms with van der Waals surface area (Å²) < 4.78 is 30.6. The van der Waals surface area contributed by atoms with Gasteiger partial charge in [0.15, 0.2) is 0 Å². The zero-order valence-corrected chi connectivity index (χ0v) is 38.8. The Morgan fingerprint density at radius 2 is 0.932 bits per heavy atom. The number of halogens is 2. The van der Waals surface area contributed by atoms with Crippen LogP contribution >= 0.6 is 23.2 Å². The fourth-order valence-electron chi connectivity index (χ4n) is 6.35. The average molecular weight is 874 g/mol. The van der Waals surface area contributed by atoms with E-state index in [0.717, 1.165) is 43.5 Å². The van der Waals surface area contributed by atoms with Gasteiger partial charge in [-0.3, -0.25) is 0 Å². The number of rotatable bonds is 34. The normalized spacial score (nSPS) is 11.6. The third kappa shape index (κ3) is 28.4. The number of aryl methyl sites for hydroxylation is 2. The van der Waals surface area contributed by atoms with Gasteiger partial charge in [0.2, 0.25) is 6.29 Å². The highest BCUT2D eigenvalue weighted by Gasteiger charge is 2.21. The van der Waals surface area contributed by atoms with E-state index in [9.17, 15) is 14.4 Å². The van der Waals surface area contributed by atoms with E-state index in [1.165, 1.54) is 116 Å². The quantitative estimate of drug-likeness (QED) is 0.0304. The maximum atomic E-state index is 12.3. The number of hydrogen-bond acceptors (Lipinski definition) is 9. The topological polar surface area (TPSA) is 138 Å². The molecule has 0 spiro atoms. The van der Waals surface area contributed by atoms with Crippen LogP contribution in [0.2, 0.25) is 10.0 Å². The maximum absolute atomic E-state index is 12.3. The van der Waals surface area contributed by atoms with E-state index in [-0.39, 0.29) is 18.4 Å². The van der Waals surface area contributed by atoms with Gasteiger partial charge in [0.05, 0.1) is 36.0 Å². The largest absolute Gasteiger partial charge is 0.511 e. The summed E-state index contributed by atoms with van der Waals surface area (Å²) in [5.41, 5.74) is 2.41. The molecule has 2 rings (SSSR count). The third-order valence-electron chi connectivity index (χ3n) is 9.56. The lowest BCUT2D eigenvalue weighted by molar-refractivity contribution is -0.0868. The summed E-state index contributed by atoms with van der Waals surface area (Å²) in [6.45, 7) is 13.6. The van der Waals surface area contributed by atoms with E-state index in [2.05, 4.69) is 23.8 Å². The molecule has 0 saturated heterocycles. The molecule has 0 bridgehead atoms. The molecule has 11 nitrogen and oxygen atoms in total. The van der Waals surface area contributed by atoms with Crippen LogP contribution in [-0.4, -0.2) is 73.5 Å². The zero-order valence-electron chi connectivity index (χ0n) is 37.3. The number of ether oxygens (including phenoxy) is 6. The summed E-state index contributed by atoms with van der Waals surface area (Å²) in [5, 5.41) is 0.730. The summed E-state index contributed by atoms with van der Waals surface area (Å²) in [5.74, 6) is -1.10. The number of carbonyl (C=O) groups is 3. The van der Waals surface area contributed by atoms with Crippen LogP contribution in [-0.2, 0) is 41.3 Å². The molecule has 0 aliphatic carbocycles. The highest BCUT2D eigenvalue weighted by atomic mass is 35.5. The van der Waals surface area contributed by atoms with Crippen LogP contribution in [0, 0.1) is 0 Å². The predicted molar refractivity (Wildman–Crippen MR) is 238 cm³/mol. The Hall–Kier alpha value is -2.73. The number of aromatic nitrogens is 2. The van der Waals surface area contributed by atoms with E-state index in [1.54, 1.807) is 19.9 Å². The highest BCUT2D eigenvalue weighted by Crippen LogP contribution is 2.22. The molecule has 13 heteroatoms. The first kappa shape index (κ1) is 54.3. The lowest BCUT2D eigenvalue weighted by Crippen LogP contribution is -2.24. The van der Waals surface area contributed by atoms with Gasteiger partial charge in [-0.1, -0.05) is 153 Å². The molecule has 2 heterocycles. The Morgan fingerprint density at radius 1 is 0.525 bits per heavy atom. The van der Waals surface area contributed by atoms with Crippen molar-refractivity contribution in [2.24, 2.45) is 0 Å². The molecule has 1 unspecified atom stereocenters. The van der Waals surface area contributed by atoms with Crippen molar-refractivity contribution in [3.05, 3.63) is 45.0 Å². The first-order chi connectivity index (χ1) is 28.5. The minimum absolute atomic E-state index is 0.173. The van der Waals surface area contributed by atoms with Crippen LogP contribution in [0.4, 0.5) is 4.79 Å². The standard InChI is InChI=1S/C23H38ClNO5.C23H40ClNO4/c1-5-6-7-8-9-10-11-12-13-14-15-19-16-20(24)21(25-19)22(26)29-18(4)30-23(27)28-17(2)3;1-3-5-6-7-8-9-10-11-12-13-14-20-19-21(24)22(25-20)23(26)29-18-17-28-16-15-27-4-2/h16-18,25H,5-15H2,1-4H3;19,25H,3-18H2,1-2H3. The molecule has 2 N–H and O–H groups in total. The SMILES string of the molecule is CCCCCCCCCCCCc1cc(Cl)c(C(=O)OC(C)OC(=O)OC(C)C)[nH]1.CCCCCCCCCCCCc1cc(Cl)c(C(=O)OCCOCCOCC)[nH]1. The lowest BCUT2D eigenvalue weighted by Gasteiger charge is -2.14. The average Bonchev–Trinajstić information content (AvgIpc) is 3.76. The van der Waals surface area contributed by atoms with Crippen molar-refractivity contribution in [2.75, 3.05) is 33.0 Å². The monoisotopic (exact) mass is 873 g/mol. The fourth-order valence-corrected chi connectivity index (χ4v) is 6.87. The maximum Gasteiger partial charge on any atom is 0.511 e. The smallest absolute Gasteiger partial charge is 0.459 e. The molecular formula is C46H78Cl2N2O9. The van der Waals surface area contributed by atoms with E-state index in [4.69, 9.17) is 51.6 Å². The van der Waals surface area contributed by atoms with E-state index < -0.39 is 24.4 Å². The van der Waals surface area contributed by atoms with Crippen LogP contribution in [0.25, 0.3) is 0 Å². The molecule has 2 aromatic heterocycles. The molecule has 0 aliphatic rings. The Bertz CT molecular complexity index is 1360. The van der Waals surface area contributed by atoms with Crippen molar-refractivity contribution in [1.82, 2.24) is 9.97 Å². The van der Waals surface area contributed by atoms with Crippen molar-refractivity contribution in [3.8, 4) is 0 Å². The Kier molecular flexibility index (Phi) is 33.1. The number of carbonyl (C=O) groups excluding carboxylic acids is 3. The number of nitrogens with one attached hydrogen (secondary N) is 2. The van der Waals surface area contributed by atoms with Crippen LogP contribution < -0.4 is 0 Å². The number of unbranched alkanes of at least 4 members (excludes halogenated alkanes) is 18. The molecule has 0 aliphatic heterocycles. The van der Waals surface area contributed by atoms with Gasteiger partial charge in [-0.15, -0.1) is 0 Å². The molecule has 1 atom stereocenters. The van der Waals surface area contributed by atoms with Gasteiger partial charge in [0.25, 0.3) is 0 Å². The van der Waals surface area contributed by atoms with Gasteiger partial charge in [-0.25, -0.2) is 14.4 Å². The van der Waals surface area contributed by atoms with Crippen LogP contribution in [0.3, 0.4) is 0 Å². The van der Waals surface area contributed by atoms with Gasteiger partial charge in [0.1, 0.15) is 18.0 Å². The van der Waals surface area contributed by atoms with Gasteiger partial charge >= 0.3 is 18.1 Å². The van der Waals surface area contributed by atoms with Gasteiger partial charge in [0, 0.05) is 24.9 Å². The molecule has 0 aromatic carbocycles. The Labute approximate surface area is 366 Å². The first-order valence-corrected chi connectivity index (χ1v) is 23.4. The second-order valence-electron chi connectivity index (χ2n) is 15.4. The summed E-state index contributed by atoms with van der Waals surface area (Å²) >= 11 is 12.4. The van der Waals surface area contributed by atoms with Crippen molar-refractivity contribution < 1.29 is 42.8 Å².